The van der Waals surface area contributed by atoms with Crippen LogP contribution >= 0.6 is 0 Å². The standard InChI is InChI=1S/C25H31N3O3/c1-17-7-8-20(15-18(17)2)24(29)26-21-9-10-23-22(16-21)28(25(30)19(3)31-23)14-13-27-11-5-4-6-12-27/h7-10,15-16,19H,4-6,11-14H2,1-3H3,(H,26,29). The topological polar surface area (TPSA) is 61.9 Å². The Labute approximate surface area is 184 Å². The van der Waals surface area contributed by atoms with Crippen LogP contribution in [0.4, 0.5) is 11.4 Å². The zero-order chi connectivity index (χ0) is 22.0. The van der Waals surface area contributed by atoms with Crippen molar-refractivity contribution in [1.82, 2.24) is 4.90 Å². The number of piperidine rings is 1. The van der Waals surface area contributed by atoms with Crippen molar-refractivity contribution in [2.24, 2.45) is 0 Å². The van der Waals surface area contributed by atoms with Gasteiger partial charge in [-0.1, -0.05) is 12.5 Å². The van der Waals surface area contributed by atoms with Crippen LogP contribution in [0.25, 0.3) is 0 Å². The second kappa shape index (κ2) is 9.10. The highest BCUT2D eigenvalue weighted by molar-refractivity contribution is 6.06. The highest BCUT2D eigenvalue weighted by atomic mass is 16.5. The molecule has 1 saturated heterocycles. The van der Waals surface area contributed by atoms with Crippen LogP contribution in [0.1, 0.15) is 47.7 Å². The molecule has 0 spiro atoms. The van der Waals surface area contributed by atoms with Gasteiger partial charge in [-0.2, -0.15) is 0 Å². The van der Waals surface area contributed by atoms with Crippen molar-refractivity contribution < 1.29 is 14.3 Å². The number of fused-ring (bicyclic) bond motifs is 1. The van der Waals surface area contributed by atoms with Crippen molar-refractivity contribution >= 4 is 23.2 Å². The third kappa shape index (κ3) is 4.74. The predicted molar refractivity (Wildman–Crippen MR) is 123 cm³/mol. The summed E-state index contributed by atoms with van der Waals surface area (Å²) < 4.78 is 5.82. The molecule has 1 atom stereocenters. The van der Waals surface area contributed by atoms with Crippen molar-refractivity contribution in [1.29, 1.82) is 0 Å². The van der Waals surface area contributed by atoms with Crippen LogP contribution in [0.15, 0.2) is 36.4 Å². The lowest BCUT2D eigenvalue weighted by molar-refractivity contribution is -0.125. The Morgan fingerprint density at radius 1 is 1.03 bits per heavy atom. The van der Waals surface area contributed by atoms with Gasteiger partial charge in [-0.05, 0) is 88.2 Å². The summed E-state index contributed by atoms with van der Waals surface area (Å²) in [6.45, 7) is 9.45. The lowest BCUT2D eigenvalue weighted by Gasteiger charge is -2.35. The van der Waals surface area contributed by atoms with E-state index in [2.05, 4.69) is 10.2 Å². The zero-order valence-corrected chi connectivity index (χ0v) is 18.6. The minimum absolute atomic E-state index is 0.0397. The van der Waals surface area contributed by atoms with Gasteiger partial charge in [0.25, 0.3) is 11.8 Å². The molecule has 0 radical (unpaired) electrons. The van der Waals surface area contributed by atoms with E-state index >= 15 is 0 Å². The summed E-state index contributed by atoms with van der Waals surface area (Å²) >= 11 is 0. The molecule has 31 heavy (non-hydrogen) atoms. The molecule has 1 N–H and O–H groups in total. The third-order valence-electron chi connectivity index (χ3n) is 6.28. The van der Waals surface area contributed by atoms with Crippen molar-refractivity contribution in [2.45, 2.75) is 46.1 Å². The Kier molecular flexibility index (Phi) is 6.28. The van der Waals surface area contributed by atoms with E-state index in [-0.39, 0.29) is 11.8 Å². The van der Waals surface area contributed by atoms with Gasteiger partial charge in [0.15, 0.2) is 6.10 Å². The number of carbonyl (C=O) groups excluding carboxylic acids is 2. The predicted octanol–water partition coefficient (Wildman–Crippen LogP) is 4.16. The van der Waals surface area contributed by atoms with Crippen molar-refractivity contribution in [3.05, 3.63) is 53.1 Å². The first-order chi connectivity index (χ1) is 14.9. The number of benzene rings is 2. The molecule has 2 aliphatic rings. The molecule has 2 aromatic rings. The van der Waals surface area contributed by atoms with Crippen LogP contribution in [-0.2, 0) is 4.79 Å². The van der Waals surface area contributed by atoms with E-state index in [1.165, 1.54) is 19.3 Å². The number of likely N-dealkylation sites (tertiary alicyclic amines) is 1. The maximum Gasteiger partial charge on any atom is 0.267 e. The van der Waals surface area contributed by atoms with Gasteiger partial charge in [-0.25, -0.2) is 0 Å². The first-order valence-corrected chi connectivity index (χ1v) is 11.2. The first kappa shape index (κ1) is 21.4. The monoisotopic (exact) mass is 421 g/mol. The summed E-state index contributed by atoms with van der Waals surface area (Å²) in [5.74, 6) is 0.469. The lowest BCUT2D eigenvalue weighted by Crippen LogP contribution is -2.48. The molecule has 1 unspecified atom stereocenters. The van der Waals surface area contributed by atoms with E-state index < -0.39 is 6.10 Å². The first-order valence-electron chi connectivity index (χ1n) is 11.2. The van der Waals surface area contributed by atoms with Gasteiger partial charge < -0.3 is 19.9 Å². The summed E-state index contributed by atoms with van der Waals surface area (Å²) in [5.41, 5.74) is 4.21. The number of hydrogen-bond acceptors (Lipinski definition) is 4. The van der Waals surface area contributed by atoms with E-state index in [1.54, 1.807) is 6.92 Å². The van der Waals surface area contributed by atoms with Gasteiger partial charge in [-0.3, -0.25) is 9.59 Å². The van der Waals surface area contributed by atoms with Crippen molar-refractivity contribution in [3.63, 3.8) is 0 Å². The minimum atomic E-state index is -0.509. The zero-order valence-electron chi connectivity index (χ0n) is 18.6. The Bertz CT molecular complexity index is 982. The SMILES string of the molecule is Cc1ccc(C(=O)Nc2ccc3c(c2)N(CCN2CCCCC2)C(=O)C(C)O3)cc1C. The van der Waals surface area contributed by atoms with E-state index in [9.17, 15) is 9.59 Å². The number of rotatable bonds is 5. The number of ether oxygens (including phenoxy) is 1. The molecular formula is C25H31N3O3. The van der Waals surface area contributed by atoms with Gasteiger partial charge in [0.1, 0.15) is 5.75 Å². The number of anilines is 2. The summed E-state index contributed by atoms with van der Waals surface area (Å²) in [5, 5.41) is 2.96. The van der Waals surface area contributed by atoms with E-state index in [0.717, 1.165) is 36.4 Å². The normalized spacial score (nSPS) is 19.0. The Balaban J connectivity index is 1.53. The van der Waals surface area contributed by atoms with Gasteiger partial charge in [0, 0.05) is 24.3 Å². The Hall–Kier alpha value is -2.86. The minimum Gasteiger partial charge on any atom is -0.479 e. The third-order valence-corrected chi connectivity index (χ3v) is 6.28. The van der Waals surface area contributed by atoms with Gasteiger partial charge in [0.05, 0.1) is 5.69 Å². The van der Waals surface area contributed by atoms with E-state index in [1.807, 2.05) is 55.1 Å². The van der Waals surface area contributed by atoms with Crippen LogP contribution in [0.2, 0.25) is 0 Å². The fourth-order valence-electron chi connectivity index (χ4n) is 4.23. The molecule has 1 fully saturated rings. The molecular weight excluding hydrogens is 390 g/mol. The molecule has 2 aromatic carbocycles. The number of nitrogens with zero attached hydrogens (tertiary/aromatic N) is 2. The molecule has 0 bridgehead atoms. The van der Waals surface area contributed by atoms with Crippen LogP contribution < -0.4 is 15.0 Å². The molecule has 164 valence electrons. The molecule has 2 aliphatic heterocycles. The number of aryl methyl sites for hydroxylation is 2. The molecule has 6 nitrogen and oxygen atoms in total. The van der Waals surface area contributed by atoms with Gasteiger partial charge in [0.2, 0.25) is 0 Å². The smallest absolute Gasteiger partial charge is 0.267 e. The van der Waals surface area contributed by atoms with Crippen molar-refractivity contribution in [2.75, 3.05) is 36.4 Å². The average molecular weight is 422 g/mol. The highest BCUT2D eigenvalue weighted by Crippen LogP contribution is 2.36. The van der Waals surface area contributed by atoms with Crippen LogP contribution in [0, 0.1) is 13.8 Å². The van der Waals surface area contributed by atoms with Crippen molar-refractivity contribution in [3.8, 4) is 5.75 Å². The molecule has 6 heteroatoms. The fraction of sp³-hybridized carbons (Fsp3) is 0.440. The highest BCUT2D eigenvalue weighted by Gasteiger charge is 2.32. The summed E-state index contributed by atoms with van der Waals surface area (Å²) in [6.07, 6.45) is 3.22. The van der Waals surface area contributed by atoms with Gasteiger partial charge >= 0.3 is 0 Å². The summed E-state index contributed by atoms with van der Waals surface area (Å²) in [4.78, 5) is 29.9. The summed E-state index contributed by atoms with van der Waals surface area (Å²) in [7, 11) is 0. The second-order valence-electron chi connectivity index (χ2n) is 8.59. The lowest BCUT2D eigenvalue weighted by atomic mass is 10.1. The number of amides is 2. The van der Waals surface area contributed by atoms with E-state index in [0.29, 0.717) is 23.5 Å². The molecule has 0 aromatic heterocycles. The Morgan fingerprint density at radius 2 is 1.81 bits per heavy atom. The van der Waals surface area contributed by atoms with Crippen LogP contribution in [-0.4, -0.2) is 49.0 Å². The van der Waals surface area contributed by atoms with Crippen LogP contribution in [0.3, 0.4) is 0 Å². The molecule has 0 aliphatic carbocycles. The number of carbonyl (C=O) groups is 2. The maximum absolute atomic E-state index is 12.9. The number of nitrogens with one attached hydrogen (secondary N) is 1. The largest absolute Gasteiger partial charge is 0.479 e. The molecule has 2 heterocycles. The van der Waals surface area contributed by atoms with E-state index in [4.69, 9.17) is 4.74 Å². The molecule has 4 rings (SSSR count). The number of hydrogen-bond donors (Lipinski definition) is 1. The fourth-order valence-corrected chi connectivity index (χ4v) is 4.23. The molecule has 2 amide bonds. The summed E-state index contributed by atoms with van der Waals surface area (Å²) in [6, 6.07) is 11.2. The van der Waals surface area contributed by atoms with Crippen LogP contribution in [0.5, 0.6) is 5.75 Å². The molecule has 0 saturated carbocycles. The Morgan fingerprint density at radius 3 is 2.55 bits per heavy atom. The maximum atomic E-state index is 12.9. The average Bonchev–Trinajstić information content (AvgIpc) is 2.77. The quantitative estimate of drug-likeness (QED) is 0.788. The second-order valence-corrected chi connectivity index (χ2v) is 8.59. The van der Waals surface area contributed by atoms with Gasteiger partial charge in [-0.15, -0.1) is 0 Å².